The smallest absolute Gasteiger partial charge is 0.249 e. The van der Waals surface area contributed by atoms with Gasteiger partial charge < -0.3 is 15.0 Å². The number of amides is 2. The molecule has 2 amide bonds. The number of rotatable bonds is 5. The minimum absolute atomic E-state index is 0.0120. The molecule has 5 nitrogen and oxygen atoms in total. The van der Waals surface area contributed by atoms with Gasteiger partial charge in [-0.2, -0.15) is 0 Å². The third-order valence-electron chi connectivity index (χ3n) is 5.95. The second kappa shape index (κ2) is 9.16. The number of hydrogen-bond acceptors (Lipinski definition) is 3. The summed E-state index contributed by atoms with van der Waals surface area (Å²) >= 11 is 0. The maximum atomic E-state index is 12.8. The van der Waals surface area contributed by atoms with Gasteiger partial charge in [0.25, 0.3) is 0 Å². The minimum atomic E-state index is -0.164. The number of hydrogen-bond donors (Lipinski definition) is 1. The SMILES string of the molecule is COc1cccc(-c2ccc(NC(=O)[C@H]3CCCN(C(=O)C4=CCCC4)C3)cc2)c1. The maximum Gasteiger partial charge on any atom is 0.249 e. The summed E-state index contributed by atoms with van der Waals surface area (Å²) in [6.07, 6.45) is 6.65. The van der Waals surface area contributed by atoms with Gasteiger partial charge in [-0.15, -0.1) is 0 Å². The molecule has 1 atom stereocenters. The molecule has 1 aliphatic carbocycles. The summed E-state index contributed by atoms with van der Waals surface area (Å²) in [6.45, 7) is 1.25. The van der Waals surface area contributed by atoms with Crippen LogP contribution in [0, 0.1) is 5.92 Å². The van der Waals surface area contributed by atoms with Gasteiger partial charge in [0.1, 0.15) is 5.75 Å². The van der Waals surface area contributed by atoms with Crippen LogP contribution >= 0.6 is 0 Å². The largest absolute Gasteiger partial charge is 0.497 e. The topological polar surface area (TPSA) is 58.6 Å². The van der Waals surface area contributed by atoms with Crippen molar-refractivity contribution in [1.29, 1.82) is 0 Å². The van der Waals surface area contributed by atoms with Crippen molar-refractivity contribution < 1.29 is 14.3 Å². The number of carbonyl (C=O) groups excluding carboxylic acids is 2. The van der Waals surface area contributed by atoms with Crippen LogP contribution in [0.25, 0.3) is 11.1 Å². The van der Waals surface area contributed by atoms with Crippen LogP contribution in [0.1, 0.15) is 32.1 Å². The molecule has 2 aromatic carbocycles. The molecule has 2 aromatic rings. The molecule has 0 aromatic heterocycles. The number of carbonyl (C=O) groups is 2. The summed E-state index contributed by atoms with van der Waals surface area (Å²) in [5.74, 6) is 0.757. The van der Waals surface area contributed by atoms with Gasteiger partial charge in [-0.3, -0.25) is 9.59 Å². The van der Waals surface area contributed by atoms with E-state index in [9.17, 15) is 9.59 Å². The number of ether oxygens (including phenoxy) is 1. The molecular weight excluding hydrogens is 376 g/mol. The van der Waals surface area contributed by atoms with Crippen LogP contribution < -0.4 is 10.1 Å². The Morgan fingerprint density at radius 3 is 2.63 bits per heavy atom. The highest BCUT2D eigenvalue weighted by molar-refractivity contribution is 5.96. The van der Waals surface area contributed by atoms with Crippen molar-refractivity contribution in [3.8, 4) is 16.9 Å². The number of nitrogens with zero attached hydrogens (tertiary/aromatic N) is 1. The van der Waals surface area contributed by atoms with E-state index in [2.05, 4.69) is 11.4 Å². The zero-order valence-electron chi connectivity index (χ0n) is 17.4. The Morgan fingerprint density at radius 1 is 1.07 bits per heavy atom. The quantitative estimate of drug-likeness (QED) is 0.789. The first kappa shape index (κ1) is 20.2. The number of methoxy groups -OCH3 is 1. The van der Waals surface area contributed by atoms with E-state index >= 15 is 0 Å². The van der Waals surface area contributed by atoms with Crippen molar-refractivity contribution in [2.45, 2.75) is 32.1 Å². The van der Waals surface area contributed by atoms with Crippen LogP contribution in [-0.4, -0.2) is 36.9 Å². The highest BCUT2D eigenvalue weighted by Gasteiger charge is 2.30. The fraction of sp³-hybridized carbons (Fsp3) is 0.360. The van der Waals surface area contributed by atoms with E-state index in [4.69, 9.17) is 4.74 Å². The fourth-order valence-electron chi connectivity index (χ4n) is 4.24. The third-order valence-corrected chi connectivity index (χ3v) is 5.95. The van der Waals surface area contributed by atoms with Gasteiger partial charge in [0.15, 0.2) is 0 Å². The first-order chi connectivity index (χ1) is 14.6. The number of nitrogens with one attached hydrogen (secondary N) is 1. The van der Waals surface area contributed by atoms with Gasteiger partial charge in [0.2, 0.25) is 11.8 Å². The molecule has 1 fully saturated rings. The number of benzene rings is 2. The van der Waals surface area contributed by atoms with Crippen molar-refractivity contribution in [3.05, 3.63) is 60.2 Å². The molecule has 0 radical (unpaired) electrons. The molecule has 1 N–H and O–H groups in total. The Morgan fingerprint density at radius 2 is 1.90 bits per heavy atom. The number of anilines is 1. The molecule has 156 valence electrons. The van der Waals surface area contributed by atoms with E-state index in [1.54, 1.807) is 7.11 Å². The van der Waals surface area contributed by atoms with Gasteiger partial charge in [-0.1, -0.05) is 30.3 Å². The second-order valence-corrected chi connectivity index (χ2v) is 8.01. The number of likely N-dealkylation sites (tertiary alicyclic amines) is 1. The standard InChI is InChI=1S/C25H28N2O3/c1-30-23-10-4-8-20(16-23)18-11-13-22(14-12-18)26-24(28)21-9-5-15-27(17-21)25(29)19-6-2-3-7-19/h4,6,8,10-14,16,21H,2-3,5,7,9,15,17H2,1H3,(H,26,28)/t21-/m0/s1. The first-order valence-corrected chi connectivity index (χ1v) is 10.7. The van der Waals surface area contributed by atoms with E-state index in [1.807, 2.05) is 53.4 Å². The van der Waals surface area contributed by atoms with Crippen LogP contribution in [0.2, 0.25) is 0 Å². The van der Waals surface area contributed by atoms with E-state index in [1.165, 1.54) is 0 Å². The van der Waals surface area contributed by atoms with Crippen LogP contribution in [0.5, 0.6) is 5.75 Å². The van der Waals surface area contributed by atoms with Crippen LogP contribution in [0.15, 0.2) is 60.2 Å². The first-order valence-electron chi connectivity index (χ1n) is 10.7. The molecule has 2 aliphatic rings. The van der Waals surface area contributed by atoms with Gasteiger partial charge in [-0.05, 0) is 67.5 Å². The molecule has 0 bridgehead atoms. The number of allylic oxidation sites excluding steroid dienone is 1. The van der Waals surface area contributed by atoms with Crippen molar-refractivity contribution in [2.24, 2.45) is 5.92 Å². The van der Waals surface area contributed by atoms with E-state index < -0.39 is 0 Å². The normalized spacial score (nSPS) is 18.6. The van der Waals surface area contributed by atoms with Crippen molar-refractivity contribution in [3.63, 3.8) is 0 Å². The van der Waals surface area contributed by atoms with Gasteiger partial charge >= 0.3 is 0 Å². The second-order valence-electron chi connectivity index (χ2n) is 8.01. The molecule has 0 spiro atoms. The van der Waals surface area contributed by atoms with E-state index in [-0.39, 0.29) is 17.7 Å². The molecular formula is C25H28N2O3. The molecule has 1 heterocycles. The zero-order valence-corrected chi connectivity index (χ0v) is 17.4. The monoisotopic (exact) mass is 404 g/mol. The van der Waals surface area contributed by atoms with Crippen molar-refractivity contribution >= 4 is 17.5 Å². The number of piperidine rings is 1. The third kappa shape index (κ3) is 4.56. The highest BCUT2D eigenvalue weighted by atomic mass is 16.5. The van der Waals surface area contributed by atoms with E-state index in [0.29, 0.717) is 6.54 Å². The van der Waals surface area contributed by atoms with Crippen LogP contribution in [-0.2, 0) is 9.59 Å². The summed E-state index contributed by atoms with van der Waals surface area (Å²) < 4.78 is 5.29. The fourth-order valence-corrected chi connectivity index (χ4v) is 4.24. The summed E-state index contributed by atoms with van der Waals surface area (Å²) in [6, 6.07) is 15.7. The molecule has 1 aliphatic heterocycles. The molecule has 1 saturated heterocycles. The predicted molar refractivity (Wildman–Crippen MR) is 118 cm³/mol. The lowest BCUT2D eigenvalue weighted by Gasteiger charge is -2.32. The van der Waals surface area contributed by atoms with Crippen molar-refractivity contribution in [2.75, 3.05) is 25.5 Å². The summed E-state index contributed by atoms with van der Waals surface area (Å²) in [5.41, 5.74) is 3.82. The lowest BCUT2D eigenvalue weighted by Crippen LogP contribution is -2.44. The molecule has 5 heteroatoms. The maximum absolute atomic E-state index is 12.8. The minimum Gasteiger partial charge on any atom is -0.497 e. The molecule has 30 heavy (non-hydrogen) atoms. The van der Waals surface area contributed by atoms with Gasteiger partial charge in [0.05, 0.1) is 13.0 Å². The van der Waals surface area contributed by atoms with Crippen LogP contribution in [0.4, 0.5) is 5.69 Å². The average Bonchev–Trinajstić information content (AvgIpc) is 3.34. The van der Waals surface area contributed by atoms with E-state index in [0.717, 1.165) is 66.8 Å². The highest BCUT2D eigenvalue weighted by Crippen LogP contribution is 2.27. The Balaban J connectivity index is 1.37. The molecule has 4 rings (SSSR count). The zero-order chi connectivity index (χ0) is 20.9. The molecule has 0 unspecified atom stereocenters. The Kier molecular flexibility index (Phi) is 6.17. The Labute approximate surface area is 177 Å². The van der Waals surface area contributed by atoms with Gasteiger partial charge in [-0.25, -0.2) is 0 Å². The van der Waals surface area contributed by atoms with Crippen LogP contribution in [0.3, 0.4) is 0 Å². The average molecular weight is 405 g/mol. The summed E-state index contributed by atoms with van der Waals surface area (Å²) in [5, 5.41) is 3.03. The Bertz CT molecular complexity index is 949. The van der Waals surface area contributed by atoms with Gasteiger partial charge in [0, 0.05) is 24.4 Å². The summed E-state index contributed by atoms with van der Waals surface area (Å²) in [7, 11) is 1.66. The lowest BCUT2D eigenvalue weighted by molar-refractivity contribution is -0.131. The Hall–Kier alpha value is -3.08. The van der Waals surface area contributed by atoms with Crippen molar-refractivity contribution in [1.82, 2.24) is 4.90 Å². The molecule has 0 saturated carbocycles. The predicted octanol–water partition coefficient (Wildman–Crippen LogP) is 4.65. The lowest BCUT2D eigenvalue weighted by atomic mass is 9.96. The summed E-state index contributed by atoms with van der Waals surface area (Å²) in [4.78, 5) is 27.3.